The van der Waals surface area contributed by atoms with Gasteiger partial charge in [0.25, 0.3) is 5.91 Å². The third-order valence-corrected chi connectivity index (χ3v) is 2.97. The predicted molar refractivity (Wildman–Crippen MR) is 59.8 cm³/mol. The average Bonchev–Trinajstić information content (AvgIpc) is 2.28. The molecule has 1 atom stereocenters. The Morgan fingerprint density at radius 1 is 1.47 bits per heavy atom. The van der Waals surface area contributed by atoms with Crippen LogP contribution in [0.25, 0.3) is 0 Å². The van der Waals surface area contributed by atoms with Crippen molar-refractivity contribution in [1.29, 1.82) is 0 Å². The van der Waals surface area contributed by atoms with E-state index in [9.17, 15) is 4.79 Å². The fraction of sp³-hybridized carbons (Fsp3) is 0.417. The number of likely N-dealkylation sites (tertiary alicyclic amines) is 1. The molecular weight excluding hydrogens is 188 g/mol. The minimum absolute atomic E-state index is 0.0240. The first-order valence-corrected chi connectivity index (χ1v) is 5.31. The normalized spacial score (nSPS) is 20.7. The molecule has 1 heterocycles. The highest BCUT2D eigenvalue weighted by Gasteiger charge is 2.24. The smallest absolute Gasteiger partial charge is 0.251 e. The monoisotopic (exact) mass is 204 g/mol. The van der Waals surface area contributed by atoms with Crippen molar-refractivity contribution in [2.45, 2.75) is 12.5 Å². The lowest BCUT2D eigenvalue weighted by Gasteiger charge is -2.37. The topological polar surface area (TPSA) is 32.3 Å². The van der Waals surface area contributed by atoms with Crippen LogP contribution in [0, 0.1) is 0 Å². The van der Waals surface area contributed by atoms with Gasteiger partial charge in [-0.15, -0.1) is 0 Å². The summed E-state index contributed by atoms with van der Waals surface area (Å²) >= 11 is 0. The largest absolute Gasteiger partial charge is 0.350 e. The van der Waals surface area contributed by atoms with Crippen LogP contribution in [0.4, 0.5) is 0 Å². The summed E-state index contributed by atoms with van der Waals surface area (Å²) in [6, 6.07) is 9.86. The molecule has 1 aromatic rings. The van der Waals surface area contributed by atoms with Gasteiger partial charge in [-0.2, -0.15) is 0 Å². The predicted octanol–water partition coefficient (Wildman–Crippen LogP) is 1.12. The van der Waals surface area contributed by atoms with Gasteiger partial charge in [-0.25, -0.2) is 0 Å². The molecule has 3 heteroatoms. The Balaban J connectivity index is 1.83. The second-order valence-electron chi connectivity index (χ2n) is 4.00. The first kappa shape index (κ1) is 10.2. The van der Waals surface area contributed by atoms with Crippen LogP contribution < -0.4 is 5.32 Å². The fourth-order valence-corrected chi connectivity index (χ4v) is 1.73. The van der Waals surface area contributed by atoms with Crippen LogP contribution in [-0.2, 0) is 0 Å². The Morgan fingerprint density at radius 3 is 2.73 bits per heavy atom. The lowest BCUT2D eigenvalue weighted by Crippen LogP contribution is -2.51. The molecule has 3 nitrogen and oxygen atoms in total. The third-order valence-electron chi connectivity index (χ3n) is 2.97. The Kier molecular flexibility index (Phi) is 3.02. The van der Waals surface area contributed by atoms with Gasteiger partial charge in [0, 0.05) is 18.2 Å². The summed E-state index contributed by atoms with van der Waals surface area (Å²) in [6.07, 6.45) is 1.19. The summed E-state index contributed by atoms with van der Waals surface area (Å²) in [7, 11) is 2.09. The van der Waals surface area contributed by atoms with Crippen molar-refractivity contribution in [3.8, 4) is 0 Å². The summed E-state index contributed by atoms with van der Waals surface area (Å²) in [6.45, 7) is 1.90. The molecule has 0 unspecified atom stereocenters. The first-order valence-electron chi connectivity index (χ1n) is 5.31. The van der Waals surface area contributed by atoms with Crippen LogP contribution in [0.15, 0.2) is 30.3 Å². The van der Waals surface area contributed by atoms with Crippen molar-refractivity contribution in [2.24, 2.45) is 0 Å². The number of carbonyl (C=O) groups excluding carboxylic acids is 1. The summed E-state index contributed by atoms with van der Waals surface area (Å²) in [5.74, 6) is 0.0240. The maximum Gasteiger partial charge on any atom is 0.251 e. The van der Waals surface area contributed by atoms with E-state index in [1.165, 1.54) is 6.42 Å². The summed E-state index contributed by atoms with van der Waals surface area (Å²) in [5.41, 5.74) is 0.736. The molecule has 0 spiro atoms. The second kappa shape index (κ2) is 4.45. The zero-order chi connectivity index (χ0) is 10.7. The van der Waals surface area contributed by atoms with E-state index in [0.29, 0.717) is 6.04 Å². The Labute approximate surface area is 90.1 Å². The number of hydrogen-bond donors (Lipinski definition) is 1. The zero-order valence-corrected chi connectivity index (χ0v) is 8.94. The van der Waals surface area contributed by atoms with Crippen molar-refractivity contribution < 1.29 is 4.79 Å². The molecule has 80 valence electrons. The second-order valence-corrected chi connectivity index (χ2v) is 4.00. The fourth-order valence-electron chi connectivity index (χ4n) is 1.73. The van der Waals surface area contributed by atoms with Gasteiger partial charge in [0.05, 0.1) is 0 Å². The molecule has 0 saturated carbocycles. The van der Waals surface area contributed by atoms with Crippen molar-refractivity contribution in [1.82, 2.24) is 10.2 Å². The molecule has 2 rings (SSSR count). The zero-order valence-electron chi connectivity index (χ0n) is 8.94. The summed E-state index contributed by atoms with van der Waals surface area (Å²) in [5, 5.41) is 2.95. The number of likely N-dealkylation sites (N-methyl/N-ethyl adjacent to an activating group) is 1. The van der Waals surface area contributed by atoms with E-state index in [1.54, 1.807) is 0 Å². The van der Waals surface area contributed by atoms with Crippen molar-refractivity contribution >= 4 is 5.91 Å². The van der Waals surface area contributed by atoms with Crippen LogP contribution in [0.2, 0.25) is 0 Å². The van der Waals surface area contributed by atoms with Gasteiger partial charge in [0.2, 0.25) is 0 Å². The van der Waals surface area contributed by atoms with Crippen molar-refractivity contribution in [3.63, 3.8) is 0 Å². The molecule has 1 fully saturated rings. The van der Waals surface area contributed by atoms with Crippen LogP contribution in [0.3, 0.4) is 0 Å². The van der Waals surface area contributed by atoms with E-state index >= 15 is 0 Å². The standard InChI is InChI=1S/C12H16N2O/c1-14-8-7-11(14)9-13-12(15)10-5-3-2-4-6-10/h2-6,11H,7-9H2,1H3,(H,13,15)/t11-/m1/s1. The molecule has 1 amide bonds. The van der Waals surface area contributed by atoms with Crippen molar-refractivity contribution in [3.05, 3.63) is 35.9 Å². The highest BCUT2D eigenvalue weighted by molar-refractivity contribution is 5.94. The molecule has 15 heavy (non-hydrogen) atoms. The molecule has 1 aliphatic rings. The van der Waals surface area contributed by atoms with E-state index in [0.717, 1.165) is 18.7 Å². The minimum atomic E-state index is 0.0240. The van der Waals surface area contributed by atoms with Crippen molar-refractivity contribution in [2.75, 3.05) is 20.1 Å². The lowest BCUT2D eigenvalue weighted by atomic mass is 10.0. The molecule has 1 saturated heterocycles. The number of benzene rings is 1. The number of rotatable bonds is 3. The van der Waals surface area contributed by atoms with Gasteiger partial charge in [-0.05, 0) is 32.1 Å². The number of nitrogens with zero attached hydrogens (tertiary/aromatic N) is 1. The Hall–Kier alpha value is -1.35. The van der Waals surface area contributed by atoms with E-state index < -0.39 is 0 Å². The van der Waals surface area contributed by atoms with Gasteiger partial charge in [0.15, 0.2) is 0 Å². The third kappa shape index (κ3) is 2.36. The quantitative estimate of drug-likeness (QED) is 0.800. The highest BCUT2D eigenvalue weighted by atomic mass is 16.1. The van der Waals surface area contributed by atoms with Gasteiger partial charge in [-0.3, -0.25) is 4.79 Å². The van der Waals surface area contributed by atoms with E-state index in [1.807, 2.05) is 30.3 Å². The Morgan fingerprint density at radius 2 is 2.20 bits per heavy atom. The molecular formula is C12H16N2O. The SMILES string of the molecule is CN1CC[C@@H]1CNC(=O)c1ccccc1. The highest BCUT2D eigenvalue weighted by Crippen LogP contribution is 2.12. The van der Waals surface area contributed by atoms with Crippen LogP contribution in [-0.4, -0.2) is 37.0 Å². The molecule has 0 aliphatic carbocycles. The van der Waals surface area contributed by atoms with Crippen LogP contribution >= 0.6 is 0 Å². The molecule has 1 N–H and O–H groups in total. The molecule has 1 aliphatic heterocycles. The van der Waals surface area contributed by atoms with E-state index in [2.05, 4.69) is 17.3 Å². The van der Waals surface area contributed by atoms with Gasteiger partial charge >= 0.3 is 0 Å². The van der Waals surface area contributed by atoms with E-state index in [4.69, 9.17) is 0 Å². The number of amides is 1. The van der Waals surface area contributed by atoms with Gasteiger partial charge < -0.3 is 10.2 Å². The van der Waals surface area contributed by atoms with Crippen LogP contribution in [0.5, 0.6) is 0 Å². The van der Waals surface area contributed by atoms with Gasteiger partial charge in [0.1, 0.15) is 0 Å². The maximum absolute atomic E-state index is 11.7. The molecule has 0 radical (unpaired) electrons. The average molecular weight is 204 g/mol. The molecule has 0 bridgehead atoms. The number of carbonyl (C=O) groups is 1. The number of nitrogens with one attached hydrogen (secondary N) is 1. The minimum Gasteiger partial charge on any atom is -0.350 e. The van der Waals surface area contributed by atoms with E-state index in [-0.39, 0.29) is 5.91 Å². The Bertz CT molecular complexity index is 337. The number of hydrogen-bond acceptors (Lipinski definition) is 2. The van der Waals surface area contributed by atoms with Gasteiger partial charge in [-0.1, -0.05) is 18.2 Å². The first-order chi connectivity index (χ1) is 7.27. The molecule has 0 aromatic heterocycles. The maximum atomic E-state index is 11.7. The lowest BCUT2D eigenvalue weighted by molar-refractivity contribution is 0.0884. The molecule has 1 aromatic carbocycles. The summed E-state index contributed by atoms with van der Waals surface area (Å²) < 4.78 is 0. The summed E-state index contributed by atoms with van der Waals surface area (Å²) in [4.78, 5) is 13.9. The van der Waals surface area contributed by atoms with Crippen LogP contribution in [0.1, 0.15) is 16.8 Å².